The second-order valence-electron chi connectivity index (χ2n) is 5.19. The Hall–Kier alpha value is -0.130. The lowest BCUT2D eigenvalue weighted by Crippen LogP contribution is -2.36. The molecule has 0 aromatic carbocycles. The summed E-state index contributed by atoms with van der Waals surface area (Å²) in [5.74, 6) is 0.781. The first-order valence-corrected chi connectivity index (χ1v) is 8.77. The van der Waals surface area contributed by atoms with Crippen molar-refractivity contribution in [2.24, 2.45) is 5.92 Å². The van der Waals surface area contributed by atoms with Crippen LogP contribution in [0.4, 0.5) is 0 Å². The highest BCUT2D eigenvalue weighted by molar-refractivity contribution is 7.89. The molecule has 0 saturated heterocycles. The van der Waals surface area contributed by atoms with Gasteiger partial charge in [0.2, 0.25) is 10.0 Å². The fourth-order valence-electron chi connectivity index (χ4n) is 1.87. The highest BCUT2D eigenvalue weighted by Gasteiger charge is 2.15. The quantitative estimate of drug-likeness (QED) is 0.569. The van der Waals surface area contributed by atoms with Crippen molar-refractivity contribution in [2.45, 2.75) is 59.4 Å². The van der Waals surface area contributed by atoms with Crippen molar-refractivity contribution in [1.82, 2.24) is 10.0 Å². The number of nitrogens with one attached hydrogen (secondary N) is 2. The van der Waals surface area contributed by atoms with Crippen LogP contribution >= 0.6 is 0 Å². The molecule has 110 valence electrons. The third-order valence-corrected chi connectivity index (χ3v) is 4.61. The smallest absolute Gasteiger partial charge is 0.211 e. The molecule has 0 aliphatic rings. The largest absolute Gasteiger partial charge is 0.317 e. The van der Waals surface area contributed by atoms with Crippen molar-refractivity contribution in [1.29, 1.82) is 0 Å². The molecule has 0 rings (SSSR count). The maximum Gasteiger partial charge on any atom is 0.211 e. The molecular formula is C13H30N2O2S. The zero-order chi connectivity index (χ0) is 14.0. The van der Waals surface area contributed by atoms with Crippen LogP contribution in [0.3, 0.4) is 0 Å². The molecular weight excluding hydrogens is 248 g/mol. The van der Waals surface area contributed by atoms with Gasteiger partial charge in [-0.25, -0.2) is 13.1 Å². The summed E-state index contributed by atoms with van der Waals surface area (Å²) in [6, 6.07) is 0.0357. The van der Waals surface area contributed by atoms with Gasteiger partial charge >= 0.3 is 0 Å². The van der Waals surface area contributed by atoms with Crippen molar-refractivity contribution in [2.75, 3.05) is 18.8 Å². The van der Waals surface area contributed by atoms with Gasteiger partial charge in [0.05, 0.1) is 5.75 Å². The van der Waals surface area contributed by atoms with Crippen LogP contribution in [0.5, 0.6) is 0 Å². The van der Waals surface area contributed by atoms with Crippen LogP contribution in [0.25, 0.3) is 0 Å². The summed E-state index contributed by atoms with van der Waals surface area (Å²) in [6.07, 6.45) is 3.75. The van der Waals surface area contributed by atoms with Gasteiger partial charge in [0.1, 0.15) is 0 Å². The van der Waals surface area contributed by atoms with Crippen molar-refractivity contribution in [3.05, 3.63) is 0 Å². The van der Waals surface area contributed by atoms with Crippen LogP contribution in [0, 0.1) is 5.92 Å². The van der Waals surface area contributed by atoms with Crippen LogP contribution < -0.4 is 10.0 Å². The normalized spacial score (nSPS) is 15.6. The van der Waals surface area contributed by atoms with Crippen LogP contribution in [-0.2, 0) is 10.0 Å². The zero-order valence-corrected chi connectivity index (χ0v) is 13.1. The van der Waals surface area contributed by atoms with Gasteiger partial charge in [-0.3, -0.25) is 0 Å². The maximum absolute atomic E-state index is 11.8. The molecule has 0 aliphatic carbocycles. The van der Waals surface area contributed by atoms with Crippen LogP contribution in [-0.4, -0.2) is 33.3 Å². The standard InChI is InChI=1S/C13H30N2O2S/c1-5-8-14-9-7-10-18(16,17)15-13(4)11-12(3)6-2/h12-15H,5-11H2,1-4H3. The third-order valence-electron chi connectivity index (χ3n) is 3.03. The van der Waals surface area contributed by atoms with E-state index in [1.165, 1.54) is 0 Å². The summed E-state index contributed by atoms with van der Waals surface area (Å²) in [6.45, 7) is 10.1. The number of hydrogen-bond donors (Lipinski definition) is 2. The first-order chi connectivity index (χ1) is 8.41. The van der Waals surface area contributed by atoms with Gasteiger partial charge < -0.3 is 5.32 Å². The molecule has 0 saturated carbocycles. The second-order valence-corrected chi connectivity index (χ2v) is 7.06. The third kappa shape index (κ3) is 9.85. The van der Waals surface area contributed by atoms with E-state index < -0.39 is 10.0 Å². The summed E-state index contributed by atoms with van der Waals surface area (Å²) in [5.41, 5.74) is 0. The monoisotopic (exact) mass is 278 g/mol. The number of sulfonamides is 1. The fourth-order valence-corrected chi connectivity index (χ4v) is 3.22. The van der Waals surface area contributed by atoms with Crippen LogP contribution in [0.1, 0.15) is 53.4 Å². The van der Waals surface area contributed by atoms with E-state index in [1.807, 2.05) is 6.92 Å². The molecule has 0 amide bonds. The Morgan fingerprint density at radius 2 is 1.78 bits per heavy atom. The molecule has 18 heavy (non-hydrogen) atoms. The minimum Gasteiger partial charge on any atom is -0.317 e. The minimum atomic E-state index is -3.11. The number of hydrogen-bond acceptors (Lipinski definition) is 3. The van der Waals surface area contributed by atoms with Gasteiger partial charge in [0.15, 0.2) is 0 Å². The summed E-state index contributed by atoms with van der Waals surface area (Å²) < 4.78 is 26.4. The molecule has 4 nitrogen and oxygen atoms in total. The highest BCUT2D eigenvalue weighted by Crippen LogP contribution is 2.10. The van der Waals surface area contributed by atoms with Crippen LogP contribution in [0.2, 0.25) is 0 Å². The SMILES string of the molecule is CCCNCCCS(=O)(=O)NC(C)CC(C)CC. The molecule has 5 heteroatoms. The molecule has 0 aromatic heterocycles. The van der Waals surface area contributed by atoms with Crippen molar-refractivity contribution in [3.63, 3.8) is 0 Å². The van der Waals surface area contributed by atoms with E-state index in [0.717, 1.165) is 32.4 Å². The lowest BCUT2D eigenvalue weighted by Gasteiger charge is -2.17. The molecule has 2 atom stereocenters. The van der Waals surface area contributed by atoms with Gasteiger partial charge in [0, 0.05) is 6.04 Å². The van der Waals surface area contributed by atoms with E-state index in [1.54, 1.807) is 0 Å². The van der Waals surface area contributed by atoms with E-state index in [9.17, 15) is 8.42 Å². The van der Waals surface area contributed by atoms with Gasteiger partial charge in [-0.2, -0.15) is 0 Å². The predicted octanol–water partition coefficient (Wildman–Crippen LogP) is 2.12. The predicted molar refractivity (Wildman–Crippen MR) is 78.2 cm³/mol. The average molecular weight is 278 g/mol. The Morgan fingerprint density at radius 1 is 1.11 bits per heavy atom. The van der Waals surface area contributed by atoms with Crippen molar-refractivity contribution < 1.29 is 8.42 Å². The summed E-state index contributed by atoms with van der Waals surface area (Å²) in [5, 5.41) is 3.21. The van der Waals surface area contributed by atoms with E-state index >= 15 is 0 Å². The Bertz CT molecular complexity index is 291. The molecule has 0 bridgehead atoms. The Morgan fingerprint density at radius 3 is 2.33 bits per heavy atom. The molecule has 0 heterocycles. The molecule has 0 aliphatic heterocycles. The minimum absolute atomic E-state index is 0.0357. The zero-order valence-electron chi connectivity index (χ0n) is 12.3. The van der Waals surface area contributed by atoms with Crippen LogP contribution in [0.15, 0.2) is 0 Å². The Balaban J connectivity index is 3.85. The molecule has 0 radical (unpaired) electrons. The maximum atomic E-state index is 11.8. The molecule has 2 unspecified atom stereocenters. The number of rotatable bonds is 11. The first kappa shape index (κ1) is 17.9. The second kappa shape index (κ2) is 9.75. The van der Waals surface area contributed by atoms with E-state index in [4.69, 9.17) is 0 Å². The van der Waals surface area contributed by atoms with Crippen molar-refractivity contribution in [3.8, 4) is 0 Å². The Kier molecular flexibility index (Phi) is 9.68. The molecule has 0 spiro atoms. The molecule has 0 aromatic rings. The first-order valence-electron chi connectivity index (χ1n) is 7.12. The van der Waals surface area contributed by atoms with Gasteiger partial charge in [-0.15, -0.1) is 0 Å². The van der Waals surface area contributed by atoms with E-state index in [0.29, 0.717) is 12.3 Å². The van der Waals surface area contributed by atoms with E-state index in [-0.39, 0.29) is 11.8 Å². The highest BCUT2D eigenvalue weighted by atomic mass is 32.2. The summed E-state index contributed by atoms with van der Waals surface area (Å²) in [4.78, 5) is 0. The van der Waals surface area contributed by atoms with E-state index in [2.05, 4.69) is 30.8 Å². The lowest BCUT2D eigenvalue weighted by atomic mass is 10.0. The Labute approximate surface area is 113 Å². The topological polar surface area (TPSA) is 58.2 Å². The van der Waals surface area contributed by atoms with Crippen molar-refractivity contribution >= 4 is 10.0 Å². The molecule has 0 fully saturated rings. The molecule has 2 N–H and O–H groups in total. The van der Waals surface area contributed by atoms with Gasteiger partial charge in [0.25, 0.3) is 0 Å². The summed E-state index contributed by atoms with van der Waals surface area (Å²) in [7, 11) is -3.11. The average Bonchev–Trinajstić information content (AvgIpc) is 2.27. The van der Waals surface area contributed by atoms with Gasteiger partial charge in [-0.05, 0) is 45.2 Å². The fraction of sp³-hybridized carbons (Fsp3) is 1.00. The lowest BCUT2D eigenvalue weighted by molar-refractivity contribution is 0.445. The van der Waals surface area contributed by atoms with Gasteiger partial charge in [-0.1, -0.05) is 27.2 Å². The summed E-state index contributed by atoms with van der Waals surface area (Å²) >= 11 is 0.